The highest BCUT2D eigenvalue weighted by atomic mass is 35.5. The quantitative estimate of drug-likeness (QED) is 0.858. The van der Waals surface area contributed by atoms with Crippen molar-refractivity contribution < 1.29 is 14.6 Å². The average Bonchev–Trinajstić information content (AvgIpc) is 3.10. The summed E-state index contributed by atoms with van der Waals surface area (Å²) in [6.07, 6.45) is 1.61. The van der Waals surface area contributed by atoms with E-state index in [9.17, 15) is 9.90 Å². The van der Waals surface area contributed by atoms with E-state index >= 15 is 0 Å². The fraction of sp³-hybridized carbons (Fsp3) is 0.389. The molecule has 4 nitrogen and oxygen atoms in total. The van der Waals surface area contributed by atoms with Crippen LogP contribution < -0.4 is 4.74 Å². The molecule has 2 atom stereocenters. The summed E-state index contributed by atoms with van der Waals surface area (Å²) in [6, 6.07) is 7.64. The third kappa shape index (κ3) is 3.58. The van der Waals surface area contributed by atoms with E-state index in [1.807, 2.05) is 23.6 Å². The van der Waals surface area contributed by atoms with Gasteiger partial charge in [0.15, 0.2) is 0 Å². The van der Waals surface area contributed by atoms with Gasteiger partial charge in [0.2, 0.25) is 0 Å². The molecule has 3 rings (SSSR count). The zero-order chi connectivity index (χ0) is 17.1. The topological polar surface area (TPSA) is 49.8 Å². The van der Waals surface area contributed by atoms with Crippen molar-refractivity contribution in [3.8, 4) is 5.75 Å². The van der Waals surface area contributed by atoms with E-state index in [4.69, 9.17) is 16.3 Å². The van der Waals surface area contributed by atoms with Crippen LogP contribution >= 0.6 is 22.9 Å². The van der Waals surface area contributed by atoms with Crippen molar-refractivity contribution in [1.82, 2.24) is 4.90 Å². The number of likely N-dealkylation sites (tertiary alicyclic amines) is 1. The molecular weight excluding hydrogens is 346 g/mol. The fourth-order valence-corrected chi connectivity index (χ4v) is 4.24. The monoisotopic (exact) mass is 365 g/mol. The third-order valence-corrected chi connectivity index (χ3v) is 5.45. The number of nitrogens with zero attached hydrogens (tertiary/aromatic N) is 1. The Morgan fingerprint density at radius 1 is 1.46 bits per heavy atom. The summed E-state index contributed by atoms with van der Waals surface area (Å²) in [7, 11) is 1.65. The van der Waals surface area contributed by atoms with Crippen molar-refractivity contribution in [3.05, 3.63) is 51.2 Å². The summed E-state index contributed by atoms with van der Waals surface area (Å²) in [5.41, 5.74) is 2.13. The van der Waals surface area contributed by atoms with E-state index in [-0.39, 0.29) is 12.0 Å². The SMILES string of the molecule is COc1ccc(Cl)cc1C(c1ccsc1)N1CCCC(C(=O)O)C1. The summed E-state index contributed by atoms with van der Waals surface area (Å²) >= 11 is 7.87. The van der Waals surface area contributed by atoms with E-state index in [1.54, 1.807) is 18.4 Å². The number of carboxylic acid groups (broad SMARTS) is 1. The van der Waals surface area contributed by atoms with Crippen LogP contribution in [0.2, 0.25) is 5.02 Å². The van der Waals surface area contributed by atoms with Gasteiger partial charge < -0.3 is 9.84 Å². The summed E-state index contributed by atoms with van der Waals surface area (Å²) in [4.78, 5) is 13.7. The largest absolute Gasteiger partial charge is 0.496 e. The lowest BCUT2D eigenvalue weighted by Gasteiger charge is -2.37. The average molecular weight is 366 g/mol. The van der Waals surface area contributed by atoms with Gasteiger partial charge in [0.25, 0.3) is 0 Å². The van der Waals surface area contributed by atoms with E-state index in [0.29, 0.717) is 11.6 Å². The Hall–Kier alpha value is -1.56. The highest BCUT2D eigenvalue weighted by Crippen LogP contribution is 2.39. The molecule has 0 radical (unpaired) electrons. The van der Waals surface area contributed by atoms with Crippen molar-refractivity contribution in [2.45, 2.75) is 18.9 Å². The molecule has 1 aliphatic heterocycles. The minimum atomic E-state index is -0.721. The summed E-state index contributed by atoms with van der Waals surface area (Å²) < 4.78 is 5.55. The number of aliphatic carboxylic acids is 1. The van der Waals surface area contributed by atoms with Gasteiger partial charge in [-0.25, -0.2) is 0 Å². The predicted molar refractivity (Wildman–Crippen MR) is 96.1 cm³/mol. The molecular formula is C18H20ClNO3S. The van der Waals surface area contributed by atoms with E-state index < -0.39 is 5.97 Å². The number of carboxylic acids is 1. The van der Waals surface area contributed by atoms with Gasteiger partial charge in [-0.05, 0) is 60.0 Å². The van der Waals surface area contributed by atoms with Gasteiger partial charge in [-0.15, -0.1) is 0 Å². The minimum Gasteiger partial charge on any atom is -0.496 e. The molecule has 24 heavy (non-hydrogen) atoms. The molecule has 1 aliphatic rings. The van der Waals surface area contributed by atoms with Crippen molar-refractivity contribution in [1.29, 1.82) is 0 Å². The first-order chi connectivity index (χ1) is 11.6. The van der Waals surface area contributed by atoms with Gasteiger partial charge in [-0.2, -0.15) is 11.3 Å². The molecule has 2 heterocycles. The Bertz CT molecular complexity index is 704. The Balaban J connectivity index is 2.02. The van der Waals surface area contributed by atoms with Crippen LogP contribution in [0.5, 0.6) is 5.75 Å². The molecule has 2 unspecified atom stereocenters. The summed E-state index contributed by atoms with van der Waals surface area (Å²) in [5.74, 6) is -0.278. The Morgan fingerprint density at radius 3 is 2.96 bits per heavy atom. The number of piperidine rings is 1. The molecule has 128 valence electrons. The van der Waals surface area contributed by atoms with Crippen LogP contribution in [0, 0.1) is 5.92 Å². The number of methoxy groups -OCH3 is 1. The molecule has 1 aromatic heterocycles. The smallest absolute Gasteiger partial charge is 0.307 e. The molecule has 0 bridgehead atoms. The van der Waals surface area contributed by atoms with Crippen molar-refractivity contribution in [3.63, 3.8) is 0 Å². The van der Waals surface area contributed by atoms with Crippen LogP contribution in [0.15, 0.2) is 35.0 Å². The number of carbonyl (C=O) groups is 1. The molecule has 0 spiro atoms. The molecule has 1 saturated heterocycles. The molecule has 0 amide bonds. The van der Waals surface area contributed by atoms with E-state index in [1.165, 1.54) is 0 Å². The Labute approximate surface area is 150 Å². The number of ether oxygens (including phenoxy) is 1. The second-order valence-electron chi connectivity index (χ2n) is 6.02. The maximum absolute atomic E-state index is 11.5. The van der Waals surface area contributed by atoms with Crippen LogP contribution in [0.1, 0.15) is 30.0 Å². The van der Waals surface area contributed by atoms with Gasteiger partial charge in [0, 0.05) is 17.1 Å². The summed E-state index contributed by atoms with van der Waals surface area (Å²) in [6.45, 7) is 1.39. The molecule has 1 fully saturated rings. The van der Waals surface area contributed by atoms with Crippen LogP contribution in [0.25, 0.3) is 0 Å². The van der Waals surface area contributed by atoms with Gasteiger partial charge in [0.05, 0.1) is 19.1 Å². The normalized spacial score (nSPS) is 19.8. The number of rotatable bonds is 5. The highest BCUT2D eigenvalue weighted by Gasteiger charge is 2.32. The van der Waals surface area contributed by atoms with Crippen LogP contribution in [-0.4, -0.2) is 36.2 Å². The Morgan fingerprint density at radius 2 is 2.29 bits per heavy atom. The molecule has 1 N–H and O–H groups in total. The molecule has 0 aliphatic carbocycles. The van der Waals surface area contributed by atoms with Crippen LogP contribution in [0.4, 0.5) is 0 Å². The lowest BCUT2D eigenvalue weighted by atomic mass is 9.92. The lowest BCUT2D eigenvalue weighted by Crippen LogP contribution is -2.41. The van der Waals surface area contributed by atoms with Crippen molar-refractivity contribution >= 4 is 28.9 Å². The van der Waals surface area contributed by atoms with Gasteiger partial charge in [0.1, 0.15) is 5.75 Å². The molecule has 2 aromatic rings. The maximum atomic E-state index is 11.5. The van der Waals surface area contributed by atoms with Crippen molar-refractivity contribution in [2.75, 3.05) is 20.2 Å². The van der Waals surface area contributed by atoms with E-state index in [2.05, 4.69) is 16.3 Å². The molecule has 1 aromatic carbocycles. The number of hydrogen-bond acceptors (Lipinski definition) is 4. The summed E-state index contributed by atoms with van der Waals surface area (Å²) in [5, 5.41) is 14.2. The van der Waals surface area contributed by atoms with Crippen molar-refractivity contribution in [2.24, 2.45) is 5.92 Å². The first kappa shape index (κ1) is 17.3. The van der Waals surface area contributed by atoms with Gasteiger partial charge >= 0.3 is 5.97 Å². The maximum Gasteiger partial charge on any atom is 0.307 e. The second kappa shape index (κ2) is 7.55. The Kier molecular flexibility index (Phi) is 5.43. The minimum absolute atomic E-state index is 0.0490. The lowest BCUT2D eigenvalue weighted by molar-refractivity contribution is -0.143. The fourth-order valence-electron chi connectivity index (χ4n) is 3.38. The van der Waals surface area contributed by atoms with Crippen LogP contribution in [0.3, 0.4) is 0 Å². The highest BCUT2D eigenvalue weighted by molar-refractivity contribution is 7.08. The number of halogens is 1. The molecule has 6 heteroatoms. The van der Waals surface area contributed by atoms with Gasteiger partial charge in [-0.1, -0.05) is 11.6 Å². The van der Waals surface area contributed by atoms with Crippen LogP contribution in [-0.2, 0) is 4.79 Å². The number of thiophene rings is 1. The number of benzene rings is 1. The zero-order valence-corrected chi connectivity index (χ0v) is 15.0. The molecule has 0 saturated carbocycles. The first-order valence-corrected chi connectivity index (χ1v) is 9.24. The third-order valence-electron chi connectivity index (χ3n) is 4.51. The standard InChI is InChI=1S/C18H20ClNO3S/c1-23-16-5-4-14(19)9-15(16)17(13-6-8-24-11-13)20-7-2-3-12(10-20)18(21)22/h4-6,8-9,11-12,17H,2-3,7,10H2,1H3,(H,21,22). The van der Waals surface area contributed by atoms with Gasteiger partial charge in [-0.3, -0.25) is 9.69 Å². The predicted octanol–water partition coefficient (Wildman–Crippen LogP) is 4.30. The second-order valence-corrected chi connectivity index (χ2v) is 7.23. The zero-order valence-electron chi connectivity index (χ0n) is 13.4. The first-order valence-electron chi connectivity index (χ1n) is 7.92. The number of hydrogen-bond donors (Lipinski definition) is 1. The van der Waals surface area contributed by atoms with E-state index in [0.717, 1.165) is 36.3 Å².